The molecule has 10 atom stereocenters. The standard InChI is InChI=1S/C53H91N3O17P2/c1-4-6-7-8-9-10-11-17-20-23-26-29-33-44(57)45(58)34-31-36-48(59)68-39-43(71-49(60)35-30-27-24-21-18-15-13-12-14-16-19-22-25-28-32-42(3)5-2)40-69-74(64,65)73-75(66,67)70-41-46-50(61)51(62)52(72-46)56-38-37-47(54)55-53(56)63/h6-7,9-10,17,20,26,29,37-38,42-46,50-52,57-58,61-62H,4-5,8,11-16,18-19,21-25,27-28,30-36,39-41H2,1-3H3,(H,64,65)(H,66,67)(H2,54,55,63)/b7-6-,10-9-,20-17-,29-26-/t42?,43-,44+,45+,46-,50-,51-,52-/m1/s1. The van der Waals surface area contributed by atoms with Gasteiger partial charge >= 0.3 is 33.3 Å². The summed E-state index contributed by atoms with van der Waals surface area (Å²) in [5.41, 5.74) is 4.57. The summed E-state index contributed by atoms with van der Waals surface area (Å²) in [6, 6.07) is 1.23. The van der Waals surface area contributed by atoms with Crippen molar-refractivity contribution in [3.8, 4) is 0 Å². The number of unbranched alkanes of at least 4 members (excludes halogenated alkanes) is 13. The number of aromatic nitrogens is 2. The number of anilines is 1. The molecule has 1 aliphatic rings. The number of ether oxygens (including phenoxy) is 3. The molecule has 0 aliphatic carbocycles. The summed E-state index contributed by atoms with van der Waals surface area (Å²) in [6.07, 6.45) is 29.2. The van der Waals surface area contributed by atoms with Crippen LogP contribution in [0, 0.1) is 5.92 Å². The summed E-state index contributed by atoms with van der Waals surface area (Å²) >= 11 is 0. The second-order valence-corrected chi connectivity index (χ2v) is 22.3. The number of phosphoric ester groups is 2. The van der Waals surface area contributed by atoms with Crippen LogP contribution in [-0.4, -0.2) is 108 Å². The van der Waals surface area contributed by atoms with E-state index in [4.69, 9.17) is 29.0 Å². The highest BCUT2D eigenvalue weighted by Crippen LogP contribution is 2.60. The maximum atomic E-state index is 12.9. The lowest BCUT2D eigenvalue weighted by Crippen LogP contribution is -2.36. The number of hydrogen-bond acceptors (Lipinski definition) is 17. The molecule has 0 spiro atoms. The van der Waals surface area contributed by atoms with Crippen LogP contribution >= 0.6 is 15.6 Å². The number of nitrogens with two attached hydrogens (primary N) is 1. The number of allylic oxidation sites excluding steroid dienone is 7. The number of esters is 2. The average molecular weight is 1100 g/mol. The van der Waals surface area contributed by atoms with Gasteiger partial charge < -0.3 is 50.2 Å². The SMILES string of the molecule is CC/C=C\C/C=C\C/C=C\C/C=C\C[C@H](O)[C@@H](O)CCCC(=O)OC[C@H](COP(=O)(O)OP(=O)(O)OC[C@H]1O[C@@H](n2ccc(N)nc2=O)[C@H](O)[C@@H]1O)OC(=O)CCCCCCCCCCCCCCCCC(C)CC. The normalized spacial score (nSPS) is 20.4. The quantitative estimate of drug-likeness (QED) is 0.0138. The van der Waals surface area contributed by atoms with Crippen molar-refractivity contribution in [3.63, 3.8) is 0 Å². The number of hydrogen-bond donors (Lipinski definition) is 7. The first-order valence-corrected chi connectivity index (χ1v) is 30.2. The molecule has 3 unspecified atom stereocenters. The zero-order valence-corrected chi connectivity index (χ0v) is 46.5. The van der Waals surface area contributed by atoms with Crippen molar-refractivity contribution < 1.29 is 76.5 Å². The van der Waals surface area contributed by atoms with Crippen LogP contribution < -0.4 is 11.4 Å². The van der Waals surface area contributed by atoms with E-state index in [1.165, 1.54) is 76.7 Å². The van der Waals surface area contributed by atoms with Crippen molar-refractivity contribution in [2.45, 2.75) is 224 Å². The molecule has 0 radical (unpaired) electrons. The van der Waals surface area contributed by atoms with E-state index < -0.39 is 95.9 Å². The molecular formula is C53H91N3O17P2. The predicted octanol–water partition coefficient (Wildman–Crippen LogP) is 9.53. The van der Waals surface area contributed by atoms with Crippen molar-refractivity contribution in [2.75, 3.05) is 25.6 Å². The van der Waals surface area contributed by atoms with E-state index in [0.29, 0.717) is 12.8 Å². The second-order valence-electron chi connectivity index (χ2n) is 19.3. The van der Waals surface area contributed by atoms with Gasteiger partial charge in [-0.1, -0.05) is 166 Å². The van der Waals surface area contributed by atoms with Crippen molar-refractivity contribution >= 4 is 33.4 Å². The Kier molecular flexibility index (Phi) is 36.1. The minimum Gasteiger partial charge on any atom is -0.462 e. The molecule has 0 bridgehead atoms. The van der Waals surface area contributed by atoms with Crippen LogP contribution in [0.4, 0.5) is 5.82 Å². The fourth-order valence-corrected chi connectivity index (χ4v) is 10.1. The highest BCUT2D eigenvalue weighted by atomic mass is 31.3. The Labute approximate surface area is 445 Å². The molecule has 8 N–H and O–H groups in total. The van der Waals surface area contributed by atoms with Crippen LogP contribution in [0.15, 0.2) is 65.7 Å². The van der Waals surface area contributed by atoms with E-state index in [1.54, 1.807) is 6.08 Å². The minimum atomic E-state index is -5.49. The Morgan fingerprint density at radius 2 is 1.25 bits per heavy atom. The molecule has 1 aromatic heterocycles. The summed E-state index contributed by atoms with van der Waals surface area (Å²) in [7, 11) is -11.0. The van der Waals surface area contributed by atoms with Gasteiger partial charge in [0.2, 0.25) is 0 Å². The summed E-state index contributed by atoms with van der Waals surface area (Å²) in [4.78, 5) is 62.1. The number of carbonyl (C=O) groups excluding carboxylic acids is 2. The summed E-state index contributed by atoms with van der Waals surface area (Å²) < 4.78 is 56.7. The van der Waals surface area contributed by atoms with Gasteiger partial charge in [0, 0.05) is 19.0 Å². The molecule has 430 valence electrons. The van der Waals surface area contributed by atoms with Gasteiger partial charge in [0.1, 0.15) is 30.7 Å². The van der Waals surface area contributed by atoms with Gasteiger partial charge in [-0.2, -0.15) is 9.29 Å². The first kappa shape index (κ1) is 67.7. The lowest BCUT2D eigenvalue weighted by atomic mass is 9.99. The number of rotatable bonds is 44. The van der Waals surface area contributed by atoms with E-state index in [-0.39, 0.29) is 37.9 Å². The Morgan fingerprint density at radius 3 is 1.83 bits per heavy atom. The van der Waals surface area contributed by atoms with E-state index >= 15 is 0 Å². The Morgan fingerprint density at radius 1 is 0.720 bits per heavy atom. The van der Waals surface area contributed by atoms with E-state index in [1.807, 2.05) is 18.2 Å². The van der Waals surface area contributed by atoms with E-state index in [9.17, 15) is 53.7 Å². The van der Waals surface area contributed by atoms with Gasteiger partial charge in [-0.05, 0) is 63.4 Å². The Hall–Kier alpha value is -3.36. The van der Waals surface area contributed by atoms with Crippen LogP contribution in [-0.2, 0) is 46.3 Å². The van der Waals surface area contributed by atoms with Gasteiger partial charge in [0.05, 0.1) is 25.4 Å². The highest BCUT2D eigenvalue weighted by Gasteiger charge is 2.46. The molecule has 0 saturated carbocycles. The third-order valence-corrected chi connectivity index (χ3v) is 15.3. The fourth-order valence-electron chi connectivity index (χ4n) is 7.97. The zero-order valence-electron chi connectivity index (χ0n) is 44.7. The third kappa shape index (κ3) is 32.2. The minimum absolute atomic E-state index is 0.00963. The van der Waals surface area contributed by atoms with Crippen LogP contribution in [0.1, 0.15) is 188 Å². The number of phosphoric acid groups is 2. The maximum absolute atomic E-state index is 12.9. The maximum Gasteiger partial charge on any atom is 0.481 e. The van der Waals surface area contributed by atoms with Crippen molar-refractivity contribution in [3.05, 3.63) is 71.4 Å². The summed E-state index contributed by atoms with van der Waals surface area (Å²) in [6.45, 7) is 4.12. The van der Waals surface area contributed by atoms with Crippen LogP contribution in [0.3, 0.4) is 0 Å². The largest absolute Gasteiger partial charge is 0.481 e. The Bertz CT molecular complexity index is 2000. The van der Waals surface area contributed by atoms with Crippen molar-refractivity contribution in [2.24, 2.45) is 5.92 Å². The van der Waals surface area contributed by atoms with E-state index in [0.717, 1.165) is 61.6 Å². The zero-order chi connectivity index (χ0) is 55.3. The molecule has 0 amide bonds. The van der Waals surface area contributed by atoms with E-state index in [2.05, 4.69) is 54.4 Å². The lowest BCUT2D eigenvalue weighted by Gasteiger charge is -2.21. The molecule has 1 aromatic rings. The van der Waals surface area contributed by atoms with Gasteiger partial charge in [0.15, 0.2) is 12.3 Å². The topological polar surface area (TPSA) is 306 Å². The first-order chi connectivity index (χ1) is 35.9. The monoisotopic (exact) mass is 1100 g/mol. The average Bonchev–Trinajstić information content (AvgIpc) is 3.64. The summed E-state index contributed by atoms with van der Waals surface area (Å²) in [5.74, 6) is -0.764. The van der Waals surface area contributed by atoms with Crippen LogP contribution in [0.25, 0.3) is 0 Å². The van der Waals surface area contributed by atoms with Gasteiger partial charge in [0.25, 0.3) is 0 Å². The Balaban J connectivity index is 1.84. The van der Waals surface area contributed by atoms with Gasteiger partial charge in [-0.25, -0.2) is 13.9 Å². The van der Waals surface area contributed by atoms with Gasteiger partial charge in [-0.15, -0.1) is 0 Å². The summed E-state index contributed by atoms with van der Waals surface area (Å²) in [5, 5.41) is 41.8. The van der Waals surface area contributed by atoms with Crippen LogP contribution in [0.5, 0.6) is 0 Å². The first-order valence-electron chi connectivity index (χ1n) is 27.2. The van der Waals surface area contributed by atoms with Crippen molar-refractivity contribution in [1.82, 2.24) is 9.55 Å². The number of nitrogen functional groups attached to an aromatic ring is 1. The van der Waals surface area contributed by atoms with Gasteiger partial charge in [-0.3, -0.25) is 23.2 Å². The van der Waals surface area contributed by atoms with Crippen LogP contribution in [0.2, 0.25) is 0 Å². The second kappa shape index (κ2) is 39.9. The molecule has 1 fully saturated rings. The number of nitrogens with zero attached hydrogens (tertiary/aromatic N) is 2. The van der Waals surface area contributed by atoms with Crippen molar-refractivity contribution in [1.29, 1.82) is 0 Å². The lowest BCUT2D eigenvalue weighted by molar-refractivity contribution is -0.161. The molecule has 1 saturated heterocycles. The fraction of sp³-hybridized carbons (Fsp3) is 0.736. The number of aliphatic hydroxyl groups is 4. The molecule has 1 aliphatic heterocycles. The molecule has 75 heavy (non-hydrogen) atoms. The highest BCUT2D eigenvalue weighted by molar-refractivity contribution is 7.61. The molecule has 22 heteroatoms. The molecular weight excluding hydrogens is 1010 g/mol. The molecule has 0 aromatic carbocycles. The molecule has 2 rings (SSSR count). The molecule has 20 nitrogen and oxygen atoms in total. The number of aliphatic hydroxyl groups excluding tert-OH is 4. The molecule has 2 heterocycles. The third-order valence-electron chi connectivity index (χ3n) is 12.7. The smallest absolute Gasteiger partial charge is 0.462 e. The number of carbonyl (C=O) groups is 2. The predicted molar refractivity (Wildman–Crippen MR) is 287 cm³/mol.